The van der Waals surface area contributed by atoms with Crippen LogP contribution in [-0.4, -0.2) is 14.4 Å². The number of aryl methyl sites for hydroxylation is 1. The Bertz CT molecular complexity index is 1130. The molecule has 1 heterocycles. The van der Waals surface area contributed by atoms with Gasteiger partial charge in [-0.2, -0.15) is 8.78 Å². The van der Waals surface area contributed by atoms with Crippen LogP contribution in [0.1, 0.15) is 47.7 Å². The smallest absolute Gasteiger partial charge is 0.340 e. The Morgan fingerprint density at radius 3 is 2.38 bits per heavy atom. The third kappa shape index (κ3) is 3.81. The van der Waals surface area contributed by atoms with Crippen LogP contribution < -0.4 is 0 Å². The fourth-order valence-corrected chi connectivity index (χ4v) is 5.25. The highest BCUT2D eigenvalue weighted by Crippen LogP contribution is 2.60. The van der Waals surface area contributed by atoms with Crippen LogP contribution in [0.2, 0.25) is 0 Å². The number of para-hydroxylation sites is 1. The summed E-state index contributed by atoms with van der Waals surface area (Å²) < 4.78 is 41.5. The normalized spacial score (nSPS) is 12.9. The van der Waals surface area contributed by atoms with Crippen LogP contribution >= 0.6 is 23.5 Å². The molecule has 3 rings (SSSR count). The van der Waals surface area contributed by atoms with Crippen LogP contribution in [-0.2, 0) is 16.8 Å². The van der Waals surface area contributed by atoms with Gasteiger partial charge < -0.3 is 14.4 Å². The van der Waals surface area contributed by atoms with Gasteiger partial charge in [-0.05, 0) is 42.5 Å². The molecule has 0 fully saturated rings. The molecule has 0 aliphatic heterocycles. The molecule has 8 heteroatoms. The van der Waals surface area contributed by atoms with Crippen LogP contribution in [0.3, 0.4) is 0 Å². The predicted molar refractivity (Wildman–Crippen MR) is 115 cm³/mol. The maximum atomic E-state index is 14.1. The van der Waals surface area contributed by atoms with Crippen molar-refractivity contribution in [3.05, 3.63) is 68.8 Å². The molecule has 0 radical (unpaired) electrons. The molecule has 0 aliphatic carbocycles. The number of fused-ring (bicyclic) bond motifs is 1. The van der Waals surface area contributed by atoms with Crippen molar-refractivity contribution in [1.82, 2.24) is 4.57 Å². The minimum Gasteiger partial charge on any atom is -0.340 e. The SMILES string of the molecule is Cc1cccc2c(C(C)C)c(C)n(Cc3ccc(C(F)(F)P(=O)(O)O)c(Br)c3)c12. The van der Waals surface area contributed by atoms with Crippen molar-refractivity contribution < 1.29 is 23.1 Å². The van der Waals surface area contributed by atoms with Gasteiger partial charge in [0.05, 0.1) is 5.52 Å². The monoisotopic (exact) mass is 485 g/mol. The van der Waals surface area contributed by atoms with Gasteiger partial charge in [0.15, 0.2) is 0 Å². The Morgan fingerprint density at radius 2 is 1.83 bits per heavy atom. The number of alkyl halides is 2. The van der Waals surface area contributed by atoms with Crippen molar-refractivity contribution in [3.63, 3.8) is 0 Å². The molecule has 0 aliphatic rings. The van der Waals surface area contributed by atoms with E-state index in [4.69, 9.17) is 9.79 Å². The minimum absolute atomic E-state index is 0.0294. The maximum Gasteiger partial charge on any atom is 0.399 e. The molecule has 0 unspecified atom stereocenters. The molecule has 0 spiro atoms. The Hall–Kier alpha value is -1.53. The summed E-state index contributed by atoms with van der Waals surface area (Å²) in [5.74, 6) is 0.330. The molecule has 0 saturated heterocycles. The highest BCUT2D eigenvalue weighted by molar-refractivity contribution is 9.10. The predicted octanol–water partition coefficient (Wildman–Crippen LogP) is 6.42. The molecule has 4 nitrogen and oxygen atoms in total. The first-order valence-electron chi connectivity index (χ1n) is 9.17. The molecule has 29 heavy (non-hydrogen) atoms. The molecular weight excluding hydrogens is 463 g/mol. The van der Waals surface area contributed by atoms with E-state index in [0.717, 1.165) is 28.4 Å². The van der Waals surface area contributed by atoms with Gasteiger partial charge in [-0.25, -0.2) is 0 Å². The summed E-state index contributed by atoms with van der Waals surface area (Å²) in [5, 5.41) is 1.18. The highest BCUT2D eigenvalue weighted by Gasteiger charge is 2.51. The quantitative estimate of drug-likeness (QED) is 0.410. The van der Waals surface area contributed by atoms with E-state index in [-0.39, 0.29) is 4.47 Å². The Labute approximate surface area is 176 Å². The fraction of sp³-hybridized carbons (Fsp3) is 0.333. The van der Waals surface area contributed by atoms with Crippen LogP contribution in [0.25, 0.3) is 10.9 Å². The first-order valence-corrected chi connectivity index (χ1v) is 11.6. The third-order valence-electron chi connectivity index (χ3n) is 5.23. The van der Waals surface area contributed by atoms with Gasteiger partial charge in [-0.1, -0.05) is 60.1 Å². The molecule has 0 bridgehead atoms. The molecule has 3 aromatic rings. The van der Waals surface area contributed by atoms with Crippen LogP contribution in [0.4, 0.5) is 8.78 Å². The average Bonchev–Trinajstić information content (AvgIpc) is 2.87. The number of halogens is 3. The molecule has 0 atom stereocenters. The van der Waals surface area contributed by atoms with Gasteiger partial charge in [-0.3, -0.25) is 4.57 Å². The Morgan fingerprint density at radius 1 is 1.17 bits per heavy atom. The van der Waals surface area contributed by atoms with Crippen LogP contribution in [0.5, 0.6) is 0 Å². The maximum absolute atomic E-state index is 14.1. The second-order valence-corrected chi connectivity index (χ2v) is 10.1. The van der Waals surface area contributed by atoms with E-state index in [1.165, 1.54) is 23.1 Å². The van der Waals surface area contributed by atoms with Crippen LogP contribution in [0.15, 0.2) is 40.9 Å². The molecule has 0 saturated carbocycles. The summed E-state index contributed by atoms with van der Waals surface area (Å²) in [5.41, 5.74) is 0.388. The lowest BCUT2D eigenvalue weighted by Gasteiger charge is -2.20. The molecule has 2 N–H and O–H groups in total. The van der Waals surface area contributed by atoms with Crippen molar-refractivity contribution in [3.8, 4) is 0 Å². The zero-order chi connectivity index (χ0) is 21.7. The Balaban J connectivity index is 2.10. The van der Waals surface area contributed by atoms with E-state index in [2.05, 4.69) is 47.3 Å². The number of hydrogen-bond donors (Lipinski definition) is 2. The van der Waals surface area contributed by atoms with E-state index in [9.17, 15) is 13.3 Å². The Kier molecular flexibility index (Phi) is 5.82. The summed E-state index contributed by atoms with van der Waals surface area (Å²) in [6.07, 6.45) is 0. The third-order valence-corrected chi connectivity index (χ3v) is 6.86. The van der Waals surface area contributed by atoms with E-state index in [1.807, 2.05) is 19.1 Å². The van der Waals surface area contributed by atoms with Crippen molar-refractivity contribution in [1.29, 1.82) is 0 Å². The van der Waals surface area contributed by atoms with Gasteiger partial charge in [-0.15, -0.1) is 0 Å². The molecule has 0 amide bonds. The van der Waals surface area contributed by atoms with Gasteiger partial charge >= 0.3 is 13.3 Å². The van der Waals surface area contributed by atoms with Crippen molar-refractivity contribution in [2.24, 2.45) is 0 Å². The van der Waals surface area contributed by atoms with E-state index in [1.54, 1.807) is 0 Å². The van der Waals surface area contributed by atoms with Crippen LogP contribution in [0, 0.1) is 13.8 Å². The largest absolute Gasteiger partial charge is 0.399 e. The van der Waals surface area contributed by atoms with Crippen molar-refractivity contribution >= 4 is 34.4 Å². The van der Waals surface area contributed by atoms with Crippen molar-refractivity contribution in [2.45, 2.75) is 45.8 Å². The number of rotatable bonds is 5. The van der Waals surface area contributed by atoms with Gasteiger partial charge in [0.2, 0.25) is 0 Å². The van der Waals surface area contributed by atoms with E-state index < -0.39 is 18.8 Å². The summed E-state index contributed by atoms with van der Waals surface area (Å²) in [7, 11) is -5.62. The lowest BCUT2D eigenvalue weighted by molar-refractivity contribution is 0.0557. The van der Waals surface area contributed by atoms with Gasteiger partial charge in [0.1, 0.15) is 0 Å². The number of hydrogen-bond acceptors (Lipinski definition) is 1. The summed E-state index contributed by atoms with van der Waals surface area (Å²) in [6, 6.07) is 10.2. The zero-order valence-electron chi connectivity index (χ0n) is 16.6. The van der Waals surface area contributed by atoms with E-state index in [0.29, 0.717) is 12.5 Å². The standard InChI is InChI=1S/C21H23BrF2NO3P/c1-12(2)19-14(4)25(20-13(3)6-5-7-16(19)20)11-15-8-9-17(18(22)10-15)21(23,24)29(26,27)28/h5-10,12H,11H2,1-4H3,(H2,26,27,28). The second-order valence-electron chi connectivity index (χ2n) is 7.61. The first kappa shape index (κ1) is 22.2. The number of aromatic nitrogens is 1. The van der Waals surface area contributed by atoms with Gasteiger partial charge in [0.25, 0.3) is 0 Å². The molecule has 156 valence electrons. The highest BCUT2D eigenvalue weighted by atomic mass is 79.9. The molecular formula is C21H23BrF2NO3P. The lowest BCUT2D eigenvalue weighted by Crippen LogP contribution is -2.15. The second kappa shape index (κ2) is 7.62. The number of nitrogens with zero attached hydrogens (tertiary/aromatic N) is 1. The first-order chi connectivity index (χ1) is 13.4. The summed E-state index contributed by atoms with van der Waals surface area (Å²) in [6.45, 7) is 8.84. The zero-order valence-corrected chi connectivity index (χ0v) is 19.1. The number of benzene rings is 2. The van der Waals surface area contributed by atoms with Gasteiger partial charge in [0, 0.05) is 27.7 Å². The summed E-state index contributed by atoms with van der Waals surface area (Å²) >= 11 is 3.07. The molecule has 2 aromatic carbocycles. The summed E-state index contributed by atoms with van der Waals surface area (Å²) in [4.78, 5) is 18.0. The van der Waals surface area contributed by atoms with Crippen molar-refractivity contribution in [2.75, 3.05) is 0 Å². The van der Waals surface area contributed by atoms with E-state index >= 15 is 0 Å². The lowest BCUT2D eigenvalue weighted by atomic mass is 9.99. The molecule has 1 aromatic heterocycles. The minimum atomic E-state index is -5.62. The average molecular weight is 486 g/mol. The fourth-order valence-electron chi connectivity index (χ4n) is 3.91. The topological polar surface area (TPSA) is 62.5 Å².